The summed E-state index contributed by atoms with van der Waals surface area (Å²) in [5.41, 5.74) is 0. The monoisotopic (exact) mass is 307 g/mol. The molecule has 0 aliphatic carbocycles. The van der Waals surface area contributed by atoms with E-state index in [1.54, 1.807) is 0 Å². The maximum atomic E-state index is 7.21. The van der Waals surface area contributed by atoms with Gasteiger partial charge in [-0.05, 0) is 0 Å². The van der Waals surface area contributed by atoms with Crippen molar-refractivity contribution >= 4 is 5.87 Å². The van der Waals surface area contributed by atoms with Crippen LogP contribution in [0.4, 0.5) is 0 Å². The van der Waals surface area contributed by atoms with Crippen LogP contribution < -0.4 is 0 Å². The van der Waals surface area contributed by atoms with Crippen LogP contribution in [0.1, 0.15) is 0 Å². The molecular formula is C2H2NRf-. The molecule has 0 aromatic heterocycles. The van der Waals surface area contributed by atoms with Crippen molar-refractivity contribution < 1.29 is 0 Å². The van der Waals surface area contributed by atoms with Gasteiger partial charge in [0.2, 0.25) is 0 Å². The summed E-state index contributed by atoms with van der Waals surface area (Å²) in [5, 5.41) is 7.21. The summed E-state index contributed by atoms with van der Waals surface area (Å²) in [6.07, 6.45) is 0. The molecule has 0 N–H and O–H groups in total. The van der Waals surface area contributed by atoms with Gasteiger partial charge in [-0.2, -0.15) is 0 Å². The first-order chi connectivity index (χ1) is 1.41. The summed E-state index contributed by atoms with van der Waals surface area (Å²) in [5.74, 6) is 1.50. The zero-order valence-corrected chi connectivity index (χ0v) is 8.76. The third-order valence-electron chi connectivity index (χ3n) is 0. The van der Waals surface area contributed by atoms with Crippen LogP contribution in [0.25, 0.3) is 5.41 Å². The molecule has 18 valence electrons. The zero-order chi connectivity index (χ0) is 2.71. The van der Waals surface area contributed by atoms with Crippen molar-refractivity contribution in [3.8, 4) is 0 Å². The van der Waals surface area contributed by atoms with E-state index in [0.29, 0.717) is 0 Å². The van der Waals surface area contributed by atoms with E-state index in [1.165, 1.54) is 5.87 Å². The number of hydrogen-bond acceptors (Lipinski definition) is 0. The second kappa shape index (κ2) is 0.971. The van der Waals surface area contributed by atoms with Crippen LogP contribution in [0.5, 0.6) is 0 Å². The predicted octanol–water partition coefficient (Wildman–Crippen LogP) is 0.411. The van der Waals surface area contributed by atoms with Crippen molar-refractivity contribution in [3.63, 3.8) is 0 Å². The first-order valence-corrected chi connectivity index (χ1v) is 0.577. The van der Waals surface area contributed by atoms with Crippen LogP contribution in [-0.4, -0.2) is 5.87 Å². The van der Waals surface area contributed by atoms with E-state index >= 15 is 0 Å². The molecule has 0 fully saturated rings. The van der Waals surface area contributed by atoms with Crippen molar-refractivity contribution in [2.45, 2.75) is 0 Å². The molecule has 0 atom stereocenters. The zero-order valence-electron chi connectivity index (χ0n) is 2.36. The molecule has 0 saturated carbocycles. The molecule has 0 radical (unpaired) electrons. The van der Waals surface area contributed by atoms with Gasteiger partial charge in [-0.25, -0.2) is 0 Å². The van der Waals surface area contributed by atoms with E-state index < -0.39 is 0 Å². The first-order valence-electron chi connectivity index (χ1n) is 0.577. The minimum absolute atomic E-state index is 0. The molecule has 0 spiro atoms. The fraction of sp³-hybridized carbons (Fsp3) is 0. The van der Waals surface area contributed by atoms with Gasteiger partial charge in [0.1, 0.15) is 0 Å². The number of nitrogens with zero attached hydrogens (tertiary/aromatic N) is 1. The fourth-order valence-electron chi connectivity index (χ4n) is 0. The van der Waals surface area contributed by atoms with Gasteiger partial charge in [-0.3, -0.25) is 5.87 Å². The molecule has 0 bridgehead atoms. The molecule has 0 aromatic rings. The molecular weight excluding hydrogens is 305 g/mol. The second-order valence-corrected chi connectivity index (χ2v) is 0.158. The Hall–Kier alpha value is -1.55. The summed E-state index contributed by atoms with van der Waals surface area (Å²) < 4.78 is 0. The summed E-state index contributed by atoms with van der Waals surface area (Å²) in [4.78, 5) is 0. The molecule has 0 amide bonds. The average Bonchev–Trinajstić information content (AvgIpc) is 0.918. The van der Waals surface area contributed by atoms with Crippen molar-refractivity contribution in [2.75, 3.05) is 0 Å². The maximum absolute atomic E-state index is 7.21. The molecule has 4 heavy (non-hydrogen) atoms. The Balaban J connectivity index is 0. The van der Waals surface area contributed by atoms with Crippen LogP contribution >= 0.6 is 0 Å². The predicted molar refractivity (Wildman–Crippen MR) is 14.0 cm³/mol. The van der Waals surface area contributed by atoms with Crippen LogP contribution in [0.2, 0.25) is 0 Å². The largest absolute Gasteiger partial charge is 0.764 e. The smallest absolute Gasteiger partial charge is 0 e. The van der Waals surface area contributed by atoms with Gasteiger partial charge >= 0.3 is 0 Å². The Morgan fingerprint density at radius 3 is 1.75 bits per heavy atom. The van der Waals surface area contributed by atoms with Crippen LogP contribution in [0.15, 0.2) is 6.58 Å². The summed E-state index contributed by atoms with van der Waals surface area (Å²) in [6, 6.07) is 0. The SMILES string of the molecule is C=C=[N-].[Rf]. The van der Waals surface area contributed by atoms with Gasteiger partial charge in [0.25, 0.3) is 0 Å². The minimum atomic E-state index is 0. The Morgan fingerprint density at radius 1 is 1.75 bits per heavy atom. The van der Waals surface area contributed by atoms with Gasteiger partial charge in [0.15, 0.2) is 0 Å². The Bertz CT molecular complexity index is 27.0. The van der Waals surface area contributed by atoms with Crippen molar-refractivity contribution in [2.24, 2.45) is 0 Å². The molecule has 0 unspecified atom stereocenters. The number of hydrogen-bond donors (Lipinski definition) is 0. The standard InChI is InChI=1S/C2H2N.Rf/c1-2-3;/h1H2;/q-1;. The van der Waals surface area contributed by atoms with E-state index in [-0.39, 0.29) is 0 Å². The van der Waals surface area contributed by atoms with Crippen LogP contribution in [0, 0.1) is 0 Å². The number of rotatable bonds is 0. The maximum Gasteiger partial charge on any atom is 0 e. The topological polar surface area (TPSA) is 22.3 Å². The molecule has 0 aliphatic rings. The quantitative estimate of drug-likeness (QED) is 0.579. The molecule has 0 rings (SSSR count). The molecule has 0 aliphatic heterocycles. The summed E-state index contributed by atoms with van der Waals surface area (Å²) in [7, 11) is 0. The van der Waals surface area contributed by atoms with E-state index in [9.17, 15) is 0 Å². The summed E-state index contributed by atoms with van der Waals surface area (Å²) >= 11 is 0. The van der Waals surface area contributed by atoms with E-state index in [4.69, 9.17) is 5.41 Å². The third kappa shape index (κ3) is 0.0567. The van der Waals surface area contributed by atoms with Crippen molar-refractivity contribution in [1.82, 2.24) is 0 Å². The van der Waals surface area contributed by atoms with Gasteiger partial charge < -0.3 is 5.41 Å². The van der Waals surface area contributed by atoms with Crippen molar-refractivity contribution in [1.29, 1.82) is 0 Å². The van der Waals surface area contributed by atoms with Crippen LogP contribution in [0.3, 0.4) is 0 Å². The van der Waals surface area contributed by atoms with Gasteiger partial charge in [-0.1, -0.05) is 6.58 Å². The Kier molecular flexibility index (Phi) is 6.17. The van der Waals surface area contributed by atoms with E-state index in [2.05, 4.69) is 6.58 Å². The van der Waals surface area contributed by atoms with Crippen molar-refractivity contribution in [3.05, 3.63) is 12.0 Å². The van der Waals surface area contributed by atoms with Crippen LogP contribution in [-0.2, 0) is 0 Å². The normalized spacial score (nSPS) is 2.00. The van der Waals surface area contributed by atoms with Gasteiger partial charge in [-0.15, -0.1) is 0 Å². The second-order valence-electron chi connectivity index (χ2n) is 0.158. The molecule has 1 nitrogen and oxygen atoms in total. The molecule has 0 aromatic carbocycles. The third-order valence-corrected chi connectivity index (χ3v) is 0. The van der Waals surface area contributed by atoms with Gasteiger partial charge in [0, 0.05) is 0 Å². The van der Waals surface area contributed by atoms with E-state index in [0.717, 1.165) is 0 Å². The van der Waals surface area contributed by atoms with E-state index in [1.807, 2.05) is 0 Å². The molecule has 2 heteroatoms. The first kappa shape index (κ1) is 25.4. The Morgan fingerprint density at radius 2 is 1.75 bits per heavy atom. The fourth-order valence-corrected chi connectivity index (χ4v) is 0. The summed E-state index contributed by atoms with van der Waals surface area (Å²) in [6.45, 7) is 2.79. The Labute approximate surface area is 19.1 Å². The molecule has 0 saturated heterocycles. The average molecular weight is 307 g/mol. The van der Waals surface area contributed by atoms with Gasteiger partial charge in [0.05, 0.1) is 0 Å². The molecule has 0 heterocycles. The minimum Gasteiger partial charge on any atom is -0.764 e.